The number of carbonyl (C=O) groups excluding carboxylic acids is 1. The van der Waals surface area contributed by atoms with E-state index in [0.717, 1.165) is 12.1 Å². The van der Waals surface area contributed by atoms with E-state index < -0.39 is 21.7 Å². The molecule has 0 atom stereocenters. The fraction of sp³-hybridized carbons (Fsp3) is 0.118. The van der Waals surface area contributed by atoms with Crippen LogP contribution in [0.5, 0.6) is 5.75 Å². The molecule has 10 heteroatoms. The number of aliphatic hydroxyl groups is 1. The lowest BCUT2D eigenvalue weighted by molar-refractivity contribution is -0.113. The number of allylic oxidation sites excluding steroid dienone is 1. The highest BCUT2D eigenvalue weighted by atomic mass is 32.2. The lowest BCUT2D eigenvalue weighted by Gasteiger charge is -2.06. The van der Waals surface area contributed by atoms with Gasteiger partial charge in [0.15, 0.2) is 5.70 Å². The van der Waals surface area contributed by atoms with E-state index in [2.05, 4.69) is 20.3 Å². The summed E-state index contributed by atoms with van der Waals surface area (Å²) >= 11 is 0. The van der Waals surface area contributed by atoms with Gasteiger partial charge < -0.3 is 15.5 Å². The van der Waals surface area contributed by atoms with Crippen LogP contribution >= 0.6 is 0 Å². The average molecular weight is 390 g/mol. The number of benzene rings is 2. The summed E-state index contributed by atoms with van der Waals surface area (Å²) in [6.45, 7) is 1.25. The number of aliphatic hydroxyl groups excluding tert-OH is 1. The first-order valence-corrected chi connectivity index (χ1v) is 9.17. The Bertz CT molecular complexity index is 997. The number of azo groups is 1. The van der Waals surface area contributed by atoms with Crippen molar-refractivity contribution in [2.24, 2.45) is 10.2 Å². The smallest absolute Gasteiger partial charge is 0.279 e. The maximum Gasteiger partial charge on any atom is 0.279 e. The number of anilines is 1. The van der Waals surface area contributed by atoms with Gasteiger partial charge in [-0.3, -0.25) is 4.79 Å². The molecule has 0 saturated carbocycles. The summed E-state index contributed by atoms with van der Waals surface area (Å²) in [5, 5.41) is 29.5. The second kappa shape index (κ2) is 8.43. The molecule has 0 bridgehead atoms. The number of rotatable bonds is 6. The normalized spacial score (nSPS) is 12.7. The van der Waals surface area contributed by atoms with Gasteiger partial charge >= 0.3 is 0 Å². The van der Waals surface area contributed by atoms with E-state index in [4.69, 9.17) is 0 Å². The molecular weight excluding hydrogens is 372 g/mol. The van der Waals surface area contributed by atoms with Gasteiger partial charge in [-0.05, 0) is 44.3 Å². The van der Waals surface area contributed by atoms with E-state index in [-0.39, 0.29) is 22.0 Å². The van der Waals surface area contributed by atoms with E-state index in [1.54, 1.807) is 30.3 Å². The number of hydrogen-bond acceptors (Lipinski definition) is 7. The van der Waals surface area contributed by atoms with E-state index in [0.29, 0.717) is 5.69 Å². The quantitative estimate of drug-likeness (QED) is 0.341. The Morgan fingerprint density at radius 2 is 1.78 bits per heavy atom. The fourth-order valence-electron chi connectivity index (χ4n) is 1.97. The van der Waals surface area contributed by atoms with Crippen LogP contribution in [0.4, 0.5) is 11.4 Å². The minimum atomic E-state index is -3.75. The highest BCUT2D eigenvalue weighted by molar-refractivity contribution is 7.89. The monoisotopic (exact) mass is 390 g/mol. The summed E-state index contributed by atoms with van der Waals surface area (Å²) in [4.78, 5) is 12.1. The van der Waals surface area contributed by atoms with Gasteiger partial charge in [-0.25, -0.2) is 13.1 Å². The van der Waals surface area contributed by atoms with Gasteiger partial charge in [-0.2, -0.15) is 0 Å². The number of nitrogens with zero attached hydrogens (tertiary/aromatic N) is 2. The van der Waals surface area contributed by atoms with Crippen molar-refractivity contribution in [2.45, 2.75) is 11.8 Å². The molecular formula is C17H18N4O5S. The third-order valence-electron chi connectivity index (χ3n) is 3.37. The van der Waals surface area contributed by atoms with Gasteiger partial charge in [0.1, 0.15) is 17.2 Å². The molecule has 9 nitrogen and oxygen atoms in total. The molecule has 0 radical (unpaired) electrons. The predicted octanol–water partition coefficient (Wildman–Crippen LogP) is 2.81. The average Bonchev–Trinajstić information content (AvgIpc) is 2.63. The van der Waals surface area contributed by atoms with Crippen LogP contribution in [-0.4, -0.2) is 31.6 Å². The Kier molecular flexibility index (Phi) is 6.27. The molecule has 0 spiro atoms. The van der Waals surface area contributed by atoms with Crippen molar-refractivity contribution in [3.05, 3.63) is 60.0 Å². The van der Waals surface area contributed by atoms with Crippen LogP contribution in [0.3, 0.4) is 0 Å². The maximum atomic E-state index is 12.3. The molecule has 27 heavy (non-hydrogen) atoms. The van der Waals surface area contributed by atoms with E-state index in [1.165, 1.54) is 20.0 Å². The molecule has 0 unspecified atom stereocenters. The first-order chi connectivity index (χ1) is 12.7. The van der Waals surface area contributed by atoms with E-state index >= 15 is 0 Å². The summed E-state index contributed by atoms with van der Waals surface area (Å²) < 4.78 is 25.8. The summed E-state index contributed by atoms with van der Waals surface area (Å²) in [6, 6.07) is 11.9. The summed E-state index contributed by atoms with van der Waals surface area (Å²) in [7, 11) is -2.51. The highest BCUT2D eigenvalue weighted by Crippen LogP contribution is 2.30. The molecule has 0 aromatic heterocycles. The van der Waals surface area contributed by atoms with Gasteiger partial charge in [0, 0.05) is 5.69 Å². The second-order valence-corrected chi connectivity index (χ2v) is 7.20. The Morgan fingerprint density at radius 1 is 1.11 bits per heavy atom. The van der Waals surface area contributed by atoms with Crippen molar-refractivity contribution in [1.82, 2.24) is 4.72 Å². The molecule has 4 N–H and O–H groups in total. The van der Waals surface area contributed by atoms with Crippen molar-refractivity contribution in [2.75, 3.05) is 12.4 Å². The largest absolute Gasteiger partial charge is 0.510 e. The zero-order valence-corrected chi connectivity index (χ0v) is 15.4. The molecule has 0 aliphatic rings. The van der Waals surface area contributed by atoms with Crippen molar-refractivity contribution >= 4 is 27.3 Å². The van der Waals surface area contributed by atoms with Gasteiger partial charge in [0.05, 0.1) is 4.90 Å². The zero-order valence-electron chi connectivity index (χ0n) is 14.5. The summed E-state index contributed by atoms with van der Waals surface area (Å²) in [5.41, 5.74) is -0.0841. The minimum absolute atomic E-state index is 0.142. The SMILES string of the molecule is CNS(=O)(=O)c1ccc(O)c(N=NC(C(=O)Nc2ccccc2)=C(C)O)c1. The predicted molar refractivity (Wildman–Crippen MR) is 99.3 cm³/mol. The molecule has 142 valence electrons. The van der Waals surface area contributed by atoms with Gasteiger partial charge in [-0.15, -0.1) is 10.2 Å². The third kappa shape index (κ3) is 5.12. The van der Waals surface area contributed by atoms with Crippen LogP contribution in [0.2, 0.25) is 0 Å². The topological polar surface area (TPSA) is 140 Å². The number of nitrogens with one attached hydrogen (secondary N) is 2. The molecule has 0 saturated heterocycles. The maximum absolute atomic E-state index is 12.3. The minimum Gasteiger partial charge on any atom is -0.510 e. The van der Waals surface area contributed by atoms with Gasteiger partial charge in [0.25, 0.3) is 5.91 Å². The van der Waals surface area contributed by atoms with Crippen LogP contribution in [0.15, 0.2) is 75.1 Å². The Hall–Kier alpha value is -3.24. The third-order valence-corrected chi connectivity index (χ3v) is 4.79. The van der Waals surface area contributed by atoms with Crippen LogP contribution in [0, 0.1) is 0 Å². The molecule has 0 aliphatic heterocycles. The molecule has 0 heterocycles. The van der Waals surface area contributed by atoms with Crippen LogP contribution in [0.25, 0.3) is 0 Å². The molecule has 2 aromatic carbocycles. The van der Waals surface area contributed by atoms with Crippen LogP contribution in [0.1, 0.15) is 6.92 Å². The van der Waals surface area contributed by atoms with Crippen LogP contribution < -0.4 is 10.0 Å². The van der Waals surface area contributed by atoms with Crippen molar-refractivity contribution in [3.63, 3.8) is 0 Å². The molecule has 1 amide bonds. The van der Waals surface area contributed by atoms with Gasteiger partial charge in [-0.1, -0.05) is 18.2 Å². The number of carbonyl (C=O) groups is 1. The zero-order chi connectivity index (χ0) is 20.0. The lowest BCUT2D eigenvalue weighted by atomic mass is 10.3. The number of phenols is 1. The number of hydrogen-bond donors (Lipinski definition) is 4. The molecule has 2 rings (SSSR count). The fourth-order valence-corrected chi connectivity index (χ4v) is 2.72. The highest BCUT2D eigenvalue weighted by Gasteiger charge is 2.16. The van der Waals surface area contributed by atoms with E-state index in [9.17, 15) is 23.4 Å². The van der Waals surface area contributed by atoms with E-state index in [1.807, 2.05) is 0 Å². The number of aromatic hydroxyl groups is 1. The first kappa shape index (κ1) is 20.1. The Morgan fingerprint density at radius 3 is 2.37 bits per heavy atom. The number of para-hydroxylation sites is 1. The first-order valence-electron chi connectivity index (χ1n) is 7.69. The standard InChI is InChI=1S/C17H18N4O5S/c1-11(22)16(17(24)19-12-6-4-3-5-7-12)21-20-14-10-13(8-9-15(14)23)27(25,26)18-2/h3-10,18,22-23H,1-2H3,(H,19,24). The Labute approximate surface area is 156 Å². The molecule has 0 aliphatic carbocycles. The number of phenolic OH excluding ortho intramolecular Hbond substituents is 1. The van der Waals surface area contributed by atoms with Gasteiger partial charge in [0.2, 0.25) is 10.0 Å². The lowest BCUT2D eigenvalue weighted by Crippen LogP contribution is -2.18. The second-order valence-electron chi connectivity index (χ2n) is 5.31. The number of amides is 1. The van der Waals surface area contributed by atoms with Crippen molar-refractivity contribution in [1.29, 1.82) is 0 Å². The summed E-state index contributed by atoms with van der Waals surface area (Å²) in [6.07, 6.45) is 0. The molecule has 0 fully saturated rings. The van der Waals surface area contributed by atoms with Crippen LogP contribution in [-0.2, 0) is 14.8 Å². The van der Waals surface area contributed by atoms with Crippen molar-refractivity contribution in [3.8, 4) is 5.75 Å². The Balaban J connectivity index is 2.32. The number of sulfonamides is 1. The van der Waals surface area contributed by atoms with Crippen molar-refractivity contribution < 1.29 is 23.4 Å². The summed E-state index contributed by atoms with van der Waals surface area (Å²) in [5.74, 6) is -1.46. The molecule has 2 aromatic rings.